The van der Waals surface area contributed by atoms with Gasteiger partial charge in [0, 0.05) is 11.6 Å². The van der Waals surface area contributed by atoms with Gasteiger partial charge in [-0.15, -0.1) is 0 Å². The van der Waals surface area contributed by atoms with Crippen molar-refractivity contribution < 1.29 is 14.6 Å². The van der Waals surface area contributed by atoms with Crippen LogP contribution in [0.3, 0.4) is 0 Å². The van der Waals surface area contributed by atoms with Crippen LogP contribution in [-0.4, -0.2) is 31.0 Å². The lowest BCUT2D eigenvalue weighted by molar-refractivity contribution is 0.172. The van der Waals surface area contributed by atoms with Gasteiger partial charge in [-0.25, -0.2) is 0 Å². The van der Waals surface area contributed by atoms with Gasteiger partial charge in [-0.3, -0.25) is 0 Å². The minimum atomic E-state index is -0.479. The number of hydrogen-bond donors (Lipinski definition) is 2. The fraction of sp³-hybridized carbons (Fsp3) is 0.750. The zero-order valence-corrected chi connectivity index (χ0v) is 18.4. The first-order valence-corrected chi connectivity index (χ1v) is 11.0. The fourth-order valence-electron chi connectivity index (χ4n) is 3.74. The normalized spacial score (nSPS) is 17.4. The van der Waals surface area contributed by atoms with Gasteiger partial charge in [-0.05, 0) is 55.1 Å². The Morgan fingerprint density at radius 1 is 1.21 bits per heavy atom. The summed E-state index contributed by atoms with van der Waals surface area (Å²) in [5.41, 5.74) is 7.08. The monoisotopic (exact) mass is 391 g/mol. The summed E-state index contributed by atoms with van der Waals surface area (Å²) in [7, 11) is 1.70. The molecule has 160 valence electrons. The lowest BCUT2D eigenvalue weighted by Crippen LogP contribution is -2.44. The summed E-state index contributed by atoms with van der Waals surface area (Å²) < 4.78 is 11.6. The van der Waals surface area contributed by atoms with Crippen molar-refractivity contribution in [2.24, 2.45) is 23.5 Å². The Balaban J connectivity index is 1.85. The molecule has 28 heavy (non-hydrogen) atoms. The van der Waals surface area contributed by atoms with E-state index in [1.165, 1.54) is 32.1 Å². The minimum absolute atomic E-state index is 0.0434. The number of methoxy groups -OCH3 is 1. The smallest absolute Gasteiger partial charge is 0.125 e. The van der Waals surface area contributed by atoms with E-state index in [-0.39, 0.29) is 6.61 Å². The van der Waals surface area contributed by atoms with Crippen molar-refractivity contribution in [1.29, 1.82) is 0 Å². The molecule has 4 heteroatoms. The molecule has 0 spiro atoms. The zero-order valence-electron chi connectivity index (χ0n) is 18.4. The second kappa shape index (κ2) is 11.1. The predicted molar refractivity (Wildman–Crippen MR) is 116 cm³/mol. The van der Waals surface area contributed by atoms with Crippen molar-refractivity contribution in [3.63, 3.8) is 0 Å². The van der Waals surface area contributed by atoms with E-state index in [0.717, 1.165) is 48.8 Å². The summed E-state index contributed by atoms with van der Waals surface area (Å²) in [6.07, 6.45) is 8.74. The quantitative estimate of drug-likeness (QED) is 0.470. The molecule has 1 saturated carbocycles. The summed E-state index contributed by atoms with van der Waals surface area (Å²) in [4.78, 5) is 0. The predicted octanol–water partition coefficient (Wildman–Crippen LogP) is 4.96. The van der Waals surface area contributed by atoms with Gasteiger partial charge in [0.1, 0.15) is 11.5 Å². The van der Waals surface area contributed by atoms with Gasteiger partial charge in [0.25, 0.3) is 0 Å². The van der Waals surface area contributed by atoms with Gasteiger partial charge in [0.15, 0.2) is 0 Å². The van der Waals surface area contributed by atoms with Crippen LogP contribution in [0.1, 0.15) is 71.3 Å². The summed E-state index contributed by atoms with van der Waals surface area (Å²) in [5.74, 6) is 3.73. The van der Waals surface area contributed by atoms with Crippen molar-refractivity contribution >= 4 is 0 Å². The second-order valence-corrected chi connectivity index (χ2v) is 9.38. The number of aliphatic hydroxyl groups excluding tert-OH is 1. The third-order valence-corrected chi connectivity index (χ3v) is 5.87. The Hall–Kier alpha value is -1.26. The van der Waals surface area contributed by atoms with Crippen LogP contribution in [0.2, 0.25) is 0 Å². The number of aryl methyl sites for hydroxylation is 1. The van der Waals surface area contributed by atoms with E-state index in [4.69, 9.17) is 15.2 Å². The number of aliphatic hydroxyl groups is 1. The van der Waals surface area contributed by atoms with Gasteiger partial charge < -0.3 is 20.3 Å². The lowest BCUT2D eigenvalue weighted by atomic mass is 9.87. The SMILES string of the molecule is COc1cc(OCC(C)CCCC(C)C)ccc1CC[C@@](N)(CO)CC1CC1. The maximum absolute atomic E-state index is 9.75. The van der Waals surface area contributed by atoms with Crippen molar-refractivity contribution in [3.05, 3.63) is 23.8 Å². The van der Waals surface area contributed by atoms with E-state index in [1.54, 1.807) is 7.11 Å². The Morgan fingerprint density at radius 3 is 2.57 bits per heavy atom. The Morgan fingerprint density at radius 2 is 1.96 bits per heavy atom. The Labute approximate surface area is 171 Å². The largest absolute Gasteiger partial charge is 0.496 e. The van der Waals surface area contributed by atoms with Crippen LogP contribution in [0.15, 0.2) is 18.2 Å². The van der Waals surface area contributed by atoms with Crippen LogP contribution < -0.4 is 15.2 Å². The van der Waals surface area contributed by atoms with Crippen LogP contribution in [-0.2, 0) is 6.42 Å². The molecule has 0 aromatic heterocycles. The molecule has 2 atom stereocenters. The number of benzene rings is 1. The highest BCUT2D eigenvalue weighted by Crippen LogP contribution is 2.37. The molecule has 4 nitrogen and oxygen atoms in total. The molecule has 0 saturated heterocycles. The molecule has 0 radical (unpaired) electrons. The average molecular weight is 392 g/mol. The maximum atomic E-state index is 9.75. The number of hydrogen-bond acceptors (Lipinski definition) is 4. The standard InChI is InChI=1S/C24H41NO3/c1-18(2)6-5-7-19(3)16-28-22-11-10-21(23(14-22)27-4)12-13-24(25,17-26)15-20-8-9-20/h10-11,14,18-20,26H,5-9,12-13,15-17,25H2,1-4H3/t19?,24-/m0/s1. The second-order valence-electron chi connectivity index (χ2n) is 9.38. The zero-order chi connectivity index (χ0) is 20.6. The highest BCUT2D eigenvalue weighted by Gasteiger charge is 2.33. The van der Waals surface area contributed by atoms with Crippen LogP contribution >= 0.6 is 0 Å². The summed E-state index contributed by atoms with van der Waals surface area (Å²) in [5, 5.41) is 9.75. The van der Waals surface area contributed by atoms with Gasteiger partial charge in [0.05, 0.1) is 20.3 Å². The van der Waals surface area contributed by atoms with E-state index in [2.05, 4.69) is 26.8 Å². The summed E-state index contributed by atoms with van der Waals surface area (Å²) in [6.45, 7) is 7.58. The Kier molecular flexibility index (Phi) is 9.10. The van der Waals surface area contributed by atoms with E-state index in [0.29, 0.717) is 11.8 Å². The number of ether oxygens (including phenoxy) is 2. The molecule has 1 aliphatic rings. The third kappa shape index (κ3) is 8.00. The molecular formula is C24H41NO3. The molecule has 1 fully saturated rings. The maximum Gasteiger partial charge on any atom is 0.125 e. The first-order valence-electron chi connectivity index (χ1n) is 11.0. The van der Waals surface area contributed by atoms with Crippen LogP contribution in [0.5, 0.6) is 11.5 Å². The number of rotatable bonds is 14. The minimum Gasteiger partial charge on any atom is -0.496 e. The molecule has 2 rings (SSSR count). The molecule has 1 aromatic carbocycles. The molecule has 0 aliphatic heterocycles. The molecular weight excluding hydrogens is 350 g/mol. The fourth-order valence-corrected chi connectivity index (χ4v) is 3.74. The molecule has 0 amide bonds. The lowest BCUT2D eigenvalue weighted by Gasteiger charge is -2.27. The van der Waals surface area contributed by atoms with E-state index < -0.39 is 5.54 Å². The summed E-state index contributed by atoms with van der Waals surface area (Å²) >= 11 is 0. The van der Waals surface area contributed by atoms with Gasteiger partial charge in [-0.2, -0.15) is 0 Å². The van der Waals surface area contributed by atoms with E-state index >= 15 is 0 Å². The molecule has 3 N–H and O–H groups in total. The topological polar surface area (TPSA) is 64.7 Å². The Bertz CT molecular complexity index is 585. The molecule has 0 bridgehead atoms. The average Bonchev–Trinajstić information content (AvgIpc) is 3.48. The van der Waals surface area contributed by atoms with Gasteiger partial charge in [0.2, 0.25) is 0 Å². The first-order chi connectivity index (χ1) is 13.3. The molecule has 0 heterocycles. The van der Waals surface area contributed by atoms with Crippen LogP contribution in [0.4, 0.5) is 0 Å². The molecule has 1 aromatic rings. The summed E-state index contributed by atoms with van der Waals surface area (Å²) in [6, 6.07) is 6.08. The van der Waals surface area contributed by atoms with Crippen molar-refractivity contribution in [2.45, 2.75) is 77.7 Å². The first kappa shape index (κ1) is 23.0. The number of nitrogens with two attached hydrogens (primary N) is 1. The van der Waals surface area contributed by atoms with Gasteiger partial charge >= 0.3 is 0 Å². The van der Waals surface area contributed by atoms with Crippen molar-refractivity contribution in [3.8, 4) is 11.5 Å². The van der Waals surface area contributed by atoms with Crippen molar-refractivity contribution in [1.82, 2.24) is 0 Å². The van der Waals surface area contributed by atoms with Crippen LogP contribution in [0.25, 0.3) is 0 Å². The van der Waals surface area contributed by atoms with Crippen molar-refractivity contribution in [2.75, 3.05) is 20.3 Å². The highest BCUT2D eigenvalue weighted by molar-refractivity contribution is 5.41. The molecule has 1 aliphatic carbocycles. The van der Waals surface area contributed by atoms with E-state index in [1.807, 2.05) is 12.1 Å². The highest BCUT2D eigenvalue weighted by atomic mass is 16.5. The third-order valence-electron chi connectivity index (χ3n) is 5.87. The molecule has 1 unspecified atom stereocenters. The van der Waals surface area contributed by atoms with E-state index in [9.17, 15) is 5.11 Å². The van der Waals surface area contributed by atoms with Gasteiger partial charge in [-0.1, -0.05) is 52.5 Å². The van der Waals surface area contributed by atoms with Crippen LogP contribution in [0, 0.1) is 17.8 Å².